The minimum absolute atomic E-state index is 0.243. The van der Waals surface area contributed by atoms with Crippen LogP contribution < -0.4 is 5.32 Å². The molecule has 1 aromatic carbocycles. The molecule has 1 amide bonds. The van der Waals surface area contributed by atoms with Crippen molar-refractivity contribution in [2.24, 2.45) is 4.99 Å². The van der Waals surface area contributed by atoms with Gasteiger partial charge in [0.1, 0.15) is 5.84 Å². The number of aromatic nitrogens is 1. The highest BCUT2D eigenvalue weighted by Crippen LogP contribution is 2.28. The minimum Gasteiger partial charge on any atom is -0.318 e. The molecule has 4 rings (SSSR count). The van der Waals surface area contributed by atoms with Crippen LogP contribution in [0.2, 0.25) is 0 Å². The average Bonchev–Trinajstić information content (AvgIpc) is 3.25. The number of nitrogens with one attached hydrogen (secondary N) is 2. The van der Waals surface area contributed by atoms with Crippen LogP contribution in [0.1, 0.15) is 10.4 Å². The molecule has 1 aliphatic rings. The molecule has 1 aliphatic heterocycles. The molecule has 3 aromatic rings. The molecule has 0 bridgehead atoms. The van der Waals surface area contributed by atoms with Crippen LogP contribution in [0.5, 0.6) is 0 Å². The zero-order valence-corrected chi connectivity index (χ0v) is 14.5. The van der Waals surface area contributed by atoms with Crippen molar-refractivity contribution in [3.05, 3.63) is 69.4 Å². The number of aliphatic imine (C=N–C) groups is 1. The third-order valence-corrected chi connectivity index (χ3v) is 5.33. The summed E-state index contributed by atoms with van der Waals surface area (Å²) >= 11 is 2.71. The first-order valence-corrected chi connectivity index (χ1v) is 9.15. The van der Waals surface area contributed by atoms with Crippen LogP contribution >= 0.6 is 23.1 Å². The lowest BCUT2D eigenvalue weighted by atomic mass is 10.1. The molecule has 0 saturated heterocycles. The quantitative estimate of drug-likeness (QED) is 0.411. The zero-order chi connectivity index (χ0) is 17.2. The number of amidine groups is 2. The molecule has 7 heteroatoms. The van der Waals surface area contributed by atoms with E-state index in [0.29, 0.717) is 10.1 Å². The van der Waals surface area contributed by atoms with Gasteiger partial charge in [-0.15, -0.1) is 11.3 Å². The Kier molecular flexibility index (Phi) is 4.17. The largest absolute Gasteiger partial charge is 0.318 e. The van der Waals surface area contributed by atoms with Gasteiger partial charge in [-0.2, -0.15) is 4.99 Å². The fourth-order valence-electron chi connectivity index (χ4n) is 2.39. The molecule has 0 unspecified atom stereocenters. The summed E-state index contributed by atoms with van der Waals surface area (Å²) in [6.07, 6.45) is 3.57. The van der Waals surface area contributed by atoms with E-state index < -0.39 is 0 Å². The molecule has 3 heterocycles. The van der Waals surface area contributed by atoms with Crippen molar-refractivity contribution in [1.82, 2.24) is 10.3 Å². The lowest BCUT2D eigenvalue weighted by molar-refractivity contribution is -0.113. The number of thioether (sulfide) groups is 1. The molecular formula is C18H12N4OS2. The zero-order valence-electron chi connectivity index (χ0n) is 12.9. The second-order valence-electron chi connectivity index (χ2n) is 5.27. The topological polar surface area (TPSA) is 78.2 Å². The number of nitrogens with zero attached hydrogens (tertiary/aromatic N) is 2. The molecule has 0 fully saturated rings. The number of hydrogen-bond acceptors (Lipinski definition) is 5. The van der Waals surface area contributed by atoms with Gasteiger partial charge in [-0.25, -0.2) is 0 Å². The molecule has 2 aromatic heterocycles. The number of pyridine rings is 1. The van der Waals surface area contributed by atoms with E-state index in [1.807, 2.05) is 53.9 Å². The van der Waals surface area contributed by atoms with Gasteiger partial charge in [0.15, 0.2) is 5.17 Å². The Morgan fingerprint density at radius 3 is 2.96 bits per heavy atom. The number of thiophene rings is 1. The maximum atomic E-state index is 12.1. The minimum atomic E-state index is -0.294. The van der Waals surface area contributed by atoms with Gasteiger partial charge in [-0.05, 0) is 53.0 Å². The fourth-order valence-corrected chi connectivity index (χ4v) is 3.83. The summed E-state index contributed by atoms with van der Waals surface area (Å²) in [5.41, 5.74) is 1.83. The van der Waals surface area contributed by atoms with Crippen molar-refractivity contribution in [2.45, 2.75) is 0 Å². The van der Waals surface area contributed by atoms with Crippen LogP contribution in [0, 0.1) is 5.41 Å². The van der Waals surface area contributed by atoms with Gasteiger partial charge in [0, 0.05) is 11.6 Å². The highest BCUT2D eigenvalue weighted by atomic mass is 32.2. The molecule has 0 spiro atoms. The van der Waals surface area contributed by atoms with E-state index in [-0.39, 0.29) is 11.7 Å². The lowest BCUT2D eigenvalue weighted by Gasteiger charge is -2.03. The smallest absolute Gasteiger partial charge is 0.286 e. The standard InChI is InChI=1S/C18H12N4OS2/c19-16(14-4-2-8-24-14)21-18-22-17(23)15(25-18)10-11-5-6-13-12(9-11)3-1-7-20-13/h1-10H,(H2,19,21,22,23)/b15-10-. The van der Waals surface area contributed by atoms with Gasteiger partial charge in [0.05, 0.1) is 15.3 Å². The van der Waals surface area contributed by atoms with E-state index in [4.69, 9.17) is 5.41 Å². The normalized spacial score (nSPS) is 15.6. The SMILES string of the molecule is N=C(NC1=NC(=O)/C(=C/c2ccc3ncccc3c2)S1)c1cccs1. The first-order valence-electron chi connectivity index (χ1n) is 7.46. The average molecular weight is 364 g/mol. The van der Waals surface area contributed by atoms with Gasteiger partial charge in [-0.3, -0.25) is 15.2 Å². The Morgan fingerprint density at radius 1 is 1.20 bits per heavy atom. The van der Waals surface area contributed by atoms with E-state index in [1.54, 1.807) is 6.20 Å². The first kappa shape index (κ1) is 15.7. The summed E-state index contributed by atoms with van der Waals surface area (Å²) < 4.78 is 0. The first-order chi connectivity index (χ1) is 12.2. The van der Waals surface area contributed by atoms with Crippen LogP contribution in [-0.4, -0.2) is 21.9 Å². The number of amides is 1. The Bertz CT molecular complexity index is 1040. The van der Waals surface area contributed by atoms with Crippen LogP contribution in [0.15, 0.2) is 63.9 Å². The van der Waals surface area contributed by atoms with E-state index in [0.717, 1.165) is 21.3 Å². The summed E-state index contributed by atoms with van der Waals surface area (Å²) in [6, 6.07) is 13.4. The summed E-state index contributed by atoms with van der Waals surface area (Å²) in [4.78, 5) is 21.7. The molecule has 0 aliphatic carbocycles. The molecular weight excluding hydrogens is 352 g/mol. The van der Waals surface area contributed by atoms with E-state index in [2.05, 4.69) is 15.3 Å². The summed E-state index contributed by atoms with van der Waals surface area (Å²) in [5, 5.41) is 14.3. The van der Waals surface area contributed by atoms with E-state index >= 15 is 0 Å². The third-order valence-electron chi connectivity index (χ3n) is 3.54. The Balaban J connectivity index is 1.52. The van der Waals surface area contributed by atoms with Crippen molar-refractivity contribution in [3.63, 3.8) is 0 Å². The van der Waals surface area contributed by atoms with Gasteiger partial charge in [-0.1, -0.05) is 18.2 Å². The van der Waals surface area contributed by atoms with Gasteiger partial charge in [0.25, 0.3) is 5.91 Å². The number of carbonyl (C=O) groups is 1. The molecule has 5 nitrogen and oxygen atoms in total. The summed E-state index contributed by atoms with van der Waals surface area (Å²) in [6.45, 7) is 0. The number of benzene rings is 1. The van der Waals surface area contributed by atoms with Crippen molar-refractivity contribution in [1.29, 1.82) is 5.41 Å². The molecule has 0 saturated carbocycles. The molecule has 25 heavy (non-hydrogen) atoms. The number of fused-ring (bicyclic) bond motifs is 1. The highest BCUT2D eigenvalue weighted by molar-refractivity contribution is 8.18. The molecule has 122 valence electrons. The summed E-state index contributed by atoms with van der Waals surface area (Å²) in [7, 11) is 0. The number of carbonyl (C=O) groups excluding carboxylic acids is 1. The van der Waals surface area contributed by atoms with Crippen molar-refractivity contribution in [2.75, 3.05) is 0 Å². The van der Waals surface area contributed by atoms with Gasteiger partial charge >= 0.3 is 0 Å². The van der Waals surface area contributed by atoms with Crippen LogP contribution in [0.25, 0.3) is 17.0 Å². The van der Waals surface area contributed by atoms with Crippen molar-refractivity contribution in [3.8, 4) is 0 Å². The van der Waals surface area contributed by atoms with Crippen LogP contribution in [0.4, 0.5) is 0 Å². The van der Waals surface area contributed by atoms with E-state index in [1.165, 1.54) is 23.1 Å². The summed E-state index contributed by atoms with van der Waals surface area (Å²) in [5.74, 6) is -0.0511. The van der Waals surface area contributed by atoms with Gasteiger partial charge < -0.3 is 5.32 Å². The van der Waals surface area contributed by atoms with Crippen LogP contribution in [-0.2, 0) is 4.79 Å². The predicted octanol–water partition coefficient (Wildman–Crippen LogP) is 3.88. The van der Waals surface area contributed by atoms with Crippen molar-refractivity contribution < 1.29 is 4.79 Å². The molecule has 0 atom stereocenters. The molecule has 0 radical (unpaired) electrons. The van der Waals surface area contributed by atoms with Gasteiger partial charge in [0.2, 0.25) is 0 Å². The fraction of sp³-hybridized carbons (Fsp3) is 0. The second kappa shape index (κ2) is 6.62. The maximum Gasteiger partial charge on any atom is 0.286 e. The Labute approximate surface area is 152 Å². The monoisotopic (exact) mass is 364 g/mol. The lowest BCUT2D eigenvalue weighted by Crippen LogP contribution is -2.26. The maximum absolute atomic E-state index is 12.1. The number of rotatable bonds is 2. The van der Waals surface area contributed by atoms with E-state index in [9.17, 15) is 4.79 Å². The Morgan fingerprint density at radius 2 is 2.12 bits per heavy atom. The Hall–Kier alpha value is -2.77. The second-order valence-corrected chi connectivity index (χ2v) is 7.24. The molecule has 2 N–H and O–H groups in total. The third kappa shape index (κ3) is 3.38. The van der Waals surface area contributed by atoms with Crippen LogP contribution in [0.3, 0.4) is 0 Å². The predicted molar refractivity (Wildman–Crippen MR) is 104 cm³/mol. The highest BCUT2D eigenvalue weighted by Gasteiger charge is 2.23. The van der Waals surface area contributed by atoms with Crippen molar-refractivity contribution >= 4 is 57.0 Å². The number of hydrogen-bond donors (Lipinski definition) is 2.